The van der Waals surface area contributed by atoms with Gasteiger partial charge in [0.2, 0.25) is 0 Å². The molecule has 0 amide bonds. The molecule has 5 heteroatoms. The zero-order chi connectivity index (χ0) is 13.8. The van der Waals surface area contributed by atoms with Crippen molar-refractivity contribution < 1.29 is 14.6 Å². The van der Waals surface area contributed by atoms with Crippen molar-refractivity contribution in [1.82, 2.24) is 4.98 Å². The monoisotopic (exact) mass is 279 g/mol. The van der Waals surface area contributed by atoms with E-state index in [1.165, 1.54) is 0 Å². The van der Waals surface area contributed by atoms with Gasteiger partial charge in [0.15, 0.2) is 0 Å². The van der Waals surface area contributed by atoms with Crippen LogP contribution < -0.4 is 9.47 Å². The standard InChI is InChI=1S/C14H14ClNO3/c1-18-11-5-10(7-16-8-11)14(17)9-3-4-13(19-2)12(15)6-9/h3-8,14,17H,1-2H3. The SMILES string of the molecule is COc1cncc(C(O)c2ccc(OC)c(Cl)c2)c1. The van der Waals surface area contributed by atoms with Crippen molar-refractivity contribution in [2.24, 2.45) is 0 Å². The van der Waals surface area contributed by atoms with Gasteiger partial charge < -0.3 is 14.6 Å². The highest BCUT2D eigenvalue weighted by Gasteiger charge is 2.13. The Morgan fingerprint density at radius 2 is 1.89 bits per heavy atom. The lowest BCUT2D eigenvalue weighted by atomic mass is 10.0. The highest BCUT2D eigenvalue weighted by atomic mass is 35.5. The van der Waals surface area contributed by atoms with Crippen LogP contribution in [-0.2, 0) is 0 Å². The highest BCUT2D eigenvalue weighted by Crippen LogP contribution is 2.30. The van der Waals surface area contributed by atoms with E-state index in [2.05, 4.69) is 4.98 Å². The third-order valence-electron chi connectivity index (χ3n) is 2.78. The fourth-order valence-corrected chi connectivity index (χ4v) is 2.01. The van der Waals surface area contributed by atoms with E-state index >= 15 is 0 Å². The maximum atomic E-state index is 10.3. The summed E-state index contributed by atoms with van der Waals surface area (Å²) in [6.07, 6.45) is 2.36. The van der Waals surface area contributed by atoms with Crippen molar-refractivity contribution in [3.63, 3.8) is 0 Å². The summed E-state index contributed by atoms with van der Waals surface area (Å²) in [5.74, 6) is 1.16. The summed E-state index contributed by atoms with van der Waals surface area (Å²) >= 11 is 6.04. The van der Waals surface area contributed by atoms with Crippen molar-refractivity contribution in [1.29, 1.82) is 0 Å². The maximum absolute atomic E-state index is 10.3. The summed E-state index contributed by atoms with van der Waals surface area (Å²) in [5.41, 5.74) is 1.31. The third-order valence-corrected chi connectivity index (χ3v) is 3.07. The van der Waals surface area contributed by atoms with Crippen molar-refractivity contribution in [3.8, 4) is 11.5 Å². The number of hydrogen-bond donors (Lipinski definition) is 1. The topological polar surface area (TPSA) is 51.6 Å². The molecule has 0 aliphatic rings. The van der Waals surface area contributed by atoms with Crippen LogP contribution in [0.2, 0.25) is 5.02 Å². The first-order chi connectivity index (χ1) is 9.15. The third kappa shape index (κ3) is 2.97. The first-order valence-electron chi connectivity index (χ1n) is 5.66. The van der Waals surface area contributed by atoms with Crippen molar-refractivity contribution >= 4 is 11.6 Å². The van der Waals surface area contributed by atoms with E-state index in [0.717, 1.165) is 0 Å². The normalized spacial score (nSPS) is 12.0. The van der Waals surface area contributed by atoms with Crippen LogP contribution in [0.5, 0.6) is 11.5 Å². The molecule has 1 atom stereocenters. The average molecular weight is 280 g/mol. The molecule has 0 radical (unpaired) electrons. The van der Waals surface area contributed by atoms with Gasteiger partial charge in [0.05, 0.1) is 25.4 Å². The van der Waals surface area contributed by atoms with Gasteiger partial charge in [-0.1, -0.05) is 17.7 Å². The van der Waals surface area contributed by atoms with Crippen LogP contribution in [0.25, 0.3) is 0 Å². The van der Waals surface area contributed by atoms with E-state index in [1.54, 1.807) is 50.9 Å². The Balaban J connectivity index is 2.32. The molecule has 0 fully saturated rings. The van der Waals surface area contributed by atoms with Gasteiger partial charge in [-0.05, 0) is 23.8 Å². The summed E-state index contributed by atoms with van der Waals surface area (Å²) in [7, 11) is 3.10. The Morgan fingerprint density at radius 3 is 2.53 bits per heavy atom. The number of pyridine rings is 1. The average Bonchev–Trinajstić information content (AvgIpc) is 2.46. The molecule has 19 heavy (non-hydrogen) atoms. The number of aliphatic hydroxyl groups is 1. The molecule has 0 bridgehead atoms. The first-order valence-corrected chi connectivity index (χ1v) is 6.04. The lowest BCUT2D eigenvalue weighted by Crippen LogP contribution is -2.01. The smallest absolute Gasteiger partial charge is 0.137 e. The van der Waals surface area contributed by atoms with Gasteiger partial charge in [-0.2, -0.15) is 0 Å². The molecule has 1 aromatic heterocycles. The molecule has 1 aromatic carbocycles. The van der Waals surface area contributed by atoms with E-state index in [-0.39, 0.29) is 0 Å². The summed E-state index contributed by atoms with van der Waals surface area (Å²) in [6.45, 7) is 0. The minimum Gasteiger partial charge on any atom is -0.495 e. The van der Waals surface area contributed by atoms with Crippen LogP contribution >= 0.6 is 11.6 Å². The number of ether oxygens (including phenoxy) is 2. The number of methoxy groups -OCH3 is 2. The van der Waals surface area contributed by atoms with Gasteiger partial charge in [0, 0.05) is 11.8 Å². The lowest BCUT2D eigenvalue weighted by molar-refractivity contribution is 0.219. The second kappa shape index (κ2) is 5.91. The molecule has 1 heterocycles. The summed E-state index contributed by atoms with van der Waals surface area (Å²) < 4.78 is 10.2. The molecule has 0 spiro atoms. The van der Waals surface area contributed by atoms with Gasteiger partial charge in [0.25, 0.3) is 0 Å². The zero-order valence-corrected chi connectivity index (χ0v) is 11.4. The number of halogens is 1. The van der Waals surface area contributed by atoms with E-state index in [4.69, 9.17) is 21.1 Å². The van der Waals surface area contributed by atoms with Crippen molar-refractivity contribution in [3.05, 3.63) is 52.8 Å². The van der Waals surface area contributed by atoms with Gasteiger partial charge >= 0.3 is 0 Å². The van der Waals surface area contributed by atoms with Gasteiger partial charge in [0.1, 0.15) is 17.6 Å². The Bertz CT molecular complexity index is 574. The van der Waals surface area contributed by atoms with Crippen molar-refractivity contribution in [2.45, 2.75) is 6.10 Å². The molecule has 2 rings (SSSR count). The molecule has 2 aromatic rings. The van der Waals surface area contributed by atoms with Crippen LogP contribution in [0.15, 0.2) is 36.7 Å². The zero-order valence-electron chi connectivity index (χ0n) is 10.6. The van der Waals surface area contributed by atoms with Gasteiger partial charge in [-0.15, -0.1) is 0 Å². The van der Waals surface area contributed by atoms with Crippen molar-refractivity contribution in [2.75, 3.05) is 14.2 Å². The van der Waals surface area contributed by atoms with Crippen LogP contribution in [0.4, 0.5) is 0 Å². The molecule has 1 N–H and O–H groups in total. The maximum Gasteiger partial charge on any atom is 0.137 e. The number of nitrogens with zero attached hydrogens (tertiary/aromatic N) is 1. The fraction of sp³-hybridized carbons (Fsp3) is 0.214. The Labute approximate surface area is 116 Å². The second-order valence-electron chi connectivity index (χ2n) is 3.95. The molecule has 0 aliphatic heterocycles. The molecular weight excluding hydrogens is 266 g/mol. The molecule has 0 saturated carbocycles. The van der Waals surface area contributed by atoms with E-state index in [0.29, 0.717) is 27.6 Å². The minimum atomic E-state index is -0.814. The Kier molecular flexibility index (Phi) is 4.24. The fourth-order valence-electron chi connectivity index (χ4n) is 1.74. The van der Waals surface area contributed by atoms with E-state index in [9.17, 15) is 5.11 Å². The van der Waals surface area contributed by atoms with Gasteiger partial charge in [-0.3, -0.25) is 4.98 Å². The molecule has 4 nitrogen and oxygen atoms in total. The number of aliphatic hydroxyl groups excluding tert-OH is 1. The number of benzene rings is 1. The predicted molar refractivity (Wildman–Crippen MR) is 72.9 cm³/mol. The van der Waals surface area contributed by atoms with Crippen LogP contribution in [0.3, 0.4) is 0 Å². The number of aromatic nitrogens is 1. The van der Waals surface area contributed by atoms with Gasteiger partial charge in [-0.25, -0.2) is 0 Å². The summed E-state index contributed by atoms with van der Waals surface area (Å²) in [4.78, 5) is 4.02. The number of rotatable bonds is 4. The molecule has 0 aliphatic carbocycles. The predicted octanol–water partition coefficient (Wildman–Crippen LogP) is 2.83. The summed E-state index contributed by atoms with van der Waals surface area (Å²) in [5, 5.41) is 10.8. The Hall–Kier alpha value is -1.78. The molecule has 0 saturated heterocycles. The lowest BCUT2D eigenvalue weighted by Gasteiger charge is -2.13. The minimum absolute atomic E-state index is 0.454. The molecular formula is C14H14ClNO3. The highest BCUT2D eigenvalue weighted by molar-refractivity contribution is 6.32. The summed E-state index contributed by atoms with van der Waals surface area (Å²) in [6, 6.07) is 6.88. The Morgan fingerprint density at radius 1 is 1.11 bits per heavy atom. The van der Waals surface area contributed by atoms with Crippen LogP contribution in [0, 0.1) is 0 Å². The van der Waals surface area contributed by atoms with Crippen LogP contribution in [-0.4, -0.2) is 24.3 Å². The van der Waals surface area contributed by atoms with Crippen LogP contribution in [0.1, 0.15) is 17.2 Å². The second-order valence-corrected chi connectivity index (χ2v) is 4.36. The largest absolute Gasteiger partial charge is 0.495 e. The quantitative estimate of drug-likeness (QED) is 0.935. The number of hydrogen-bond acceptors (Lipinski definition) is 4. The molecule has 100 valence electrons. The first kappa shape index (κ1) is 13.6. The van der Waals surface area contributed by atoms with E-state index in [1.807, 2.05) is 0 Å². The van der Waals surface area contributed by atoms with E-state index < -0.39 is 6.10 Å². The molecule has 1 unspecified atom stereocenters.